The molecule has 2 nitrogen and oxygen atoms in total. The third kappa shape index (κ3) is 6.79. The first-order chi connectivity index (χ1) is 13.3. The second-order valence-electron chi connectivity index (χ2n) is 7.92. The normalized spacial score (nSPS) is 20.1. The third-order valence-corrected chi connectivity index (χ3v) is 5.84. The van der Waals surface area contributed by atoms with Crippen LogP contribution >= 0.6 is 0 Å². The average Bonchev–Trinajstić information content (AvgIpc) is 2.73. The summed E-state index contributed by atoms with van der Waals surface area (Å²) in [5, 5.41) is 0. The molecule has 1 fully saturated rings. The zero-order chi connectivity index (χ0) is 18.7. The van der Waals surface area contributed by atoms with Crippen LogP contribution in [-0.2, 0) is 17.6 Å². The minimum atomic E-state index is 0.413. The lowest BCUT2D eigenvalue weighted by atomic mass is 9.91. The lowest BCUT2D eigenvalue weighted by molar-refractivity contribution is -0.0303. The zero-order valence-corrected chi connectivity index (χ0v) is 16.9. The highest BCUT2D eigenvalue weighted by molar-refractivity contribution is 5.15. The SMILES string of the molecule is CN(CCCc1ccccc1)[C@H]1CCCC[C@@H]1OCCCc1ccccc1. The Bertz CT molecular complexity index is 627. The van der Waals surface area contributed by atoms with E-state index in [1.54, 1.807) is 0 Å². The fourth-order valence-electron chi connectivity index (χ4n) is 4.27. The van der Waals surface area contributed by atoms with Gasteiger partial charge in [-0.2, -0.15) is 0 Å². The summed E-state index contributed by atoms with van der Waals surface area (Å²) in [5.41, 5.74) is 2.86. The van der Waals surface area contributed by atoms with Gasteiger partial charge in [0.05, 0.1) is 6.10 Å². The van der Waals surface area contributed by atoms with Crippen LogP contribution in [0.4, 0.5) is 0 Å². The van der Waals surface area contributed by atoms with Crippen molar-refractivity contribution in [3.8, 4) is 0 Å². The molecule has 2 aromatic carbocycles. The Morgan fingerprint density at radius 2 is 1.41 bits per heavy atom. The van der Waals surface area contributed by atoms with Crippen LogP contribution in [0.3, 0.4) is 0 Å². The first-order valence-electron chi connectivity index (χ1n) is 10.7. The molecule has 0 heterocycles. The Balaban J connectivity index is 1.39. The van der Waals surface area contributed by atoms with Crippen LogP contribution in [0.2, 0.25) is 0 Å². The molecule has 2 atom stereocenters. The maximum Gasteiger partial charge on any atom is 0.0730 e. The van der Waals surface area contributed by atoms with Crippen LogP contribution in [0.25, 0.3) is 0 Å². The van der Waals surface area contributed by atoms with Crippen LogP contribution in [0.5, 0.6) is 0 Å². The lowest BCUT2D eigenvalue weighted by Crippen LogP contribution is -2.45. The third-order valence-electron chi connectivity index (χ3n) is 5.84. The zero-order valence-electron chi connectivity index (χ0n) is 16.9. The molecule has 3 rings (SSSR count). The van der Waals surface area contributed by atoms with Crippen molar-refractivity contribution in [1.29, 1.82) is 0 Å². The summed E-state index contributed by atoms with van der Waals surface area (Å²) in [4.78, 5) is 2.56. The molecule has 1 aliphatic carbocycles. The molecule has 0 amide bonds. The molecule has 2 heteroatoms. The molecule has 1 aliphatic rings. The Hall–Kier alpha value is -1.64. The largest absolute Gasteiger partial charge is 0.377 e. The molecule has 0 spiro atoms. The fraction of sp³-hybridized carbons (Fsp3) is 0.520. The number of aryl methyl sites for hydroxylation is 2. The summed E-state index contributed by atoms with van der Waals surface area (Å²) < 4.78 is 6.36. The second kappa shape index (κ2) is 11.3. The molecule has 2 aromatic rings. The smallest absolute Gasteiger partial charge is 0.0730 e. The van der Waals surface area contributed by atoms with Crippen molar-refractivity contribution in [2.45, 2.75) is 63.5 Å². The molecule has 0 unspecified atom stereocenters. The Morgan fingerprint density at radius 3 is 2.07 bits per heavy atom. The van der Waals surface area contributed by atoms with E-state index in [-0.39, 0.29) is 0 Å². The summed E-state index contributed by atoms with van der Waals surface area (Å²) in [7, 11) is 2.29. The summed E-state index contributed by atoms with van der Waals surface area (Å²) in [6.07, 6.45) is 10.2. The van der Waals surface area contributed by atoms with Gasteiger partial charge < -0.3 is 9.64 Å². The van der Waals surface area contributed by atoms with E-state index in [2.05, 4.69) is 72.6 Å². The van der Waals surface area contributed by atoms with Crippen molar-refractivity contribution in [3.63, 3.8) is 0 Å². The van der Waals surface area contributed by atoms with E-state index in [1.807, 2.05) is 0 Å². The summed E-state index contributed by atoms with van der Waals surface area (Å²) in [5.74, 6) is 0. The van der Waals surface area contributed by atoms with Gasteiger partial charge in [-0.25, -0.2) is 0 Å². The van der Waals surface area contributed by atoms with Crippen LogP contribution in [0, 0.1) is 0 Å². The van der Waals surface area contributed by atoms with Crippen LogP contribution in [-0.4, -0.2) is 37.2 Å². The van der Waals surface area contributed by atoms with Gasteiger partial charge in [-0.05, 0) is 63.2 Å². The number of likely N-dealkylation sites (N-methyl/N-ethyl adjacent to an activating group) is 1. The highest BCUT2D eigenvalue weighted by Gasteiger charge is 2.28. The average molecular weight is 366 g/mol. The Kier molecular flexibility index (Phi) is 8.38. The van der Waals surface area contributed by atoms with E-state index in [4.69, 9.17) is 4.74 Å². The molecular weight excluding hydrogens is 330 g/mol. The van der Waals surface area contributed by atoms with Crippen molar-refractivity contribution < 1.29 is 4.74 Å². The molecule has 27 heavy (non-hydrogen) atoms. The van der Waals surface area contributed by atoms with Gasteiger partial charge >= 0.3 is 0 Å². The minimum Gasteiger partial charge on any atom is -0.377 e. The topological polar surface area (TPSA) is 12.5 Å². The number of ether oxygens (including phenoxy) is 1. The van der Waals surface area contributed by atoms with Gasteiger partial charge in [-0.15, -0.1) is 0 Å². The maximum atomic E-state index is 6.36. The van der Waals surface area contributed by atoms with Gasteiger partial charge in [0.2, 0.25) is 0 Å². The first kappa shape index (κ1) is 20.1. The van der Waals surface area contributed by atoms with Crippen LogP contribution in [0.1, 0.15) is 49.7 Å². The fourth-order valence-corrected chi connectivity index (χ4v) is 4.27. The van der Waals surface area contributed by atoms with E-state index in [9.17, 15) is 0 Å². The van der Waals surface area contributed by atoms with E-state index in [0.29, 0.717) is 12.1 Å². The molecular formula is C25H35NO. The molecule has 0 radical (unpaired) electrons. The highest BCUT2D eigenvalue weighted by atomic mass is 16.5. The van der Waals surface area contributed by atoms with Crippen molar-refractivity contribution in [1.82, 2.24) is 4.90 Å². The van der Waals surface area contributed by atoms with Crippen molar-refractivity contribution in [3.05, 3.63) is 71.8 Å². The van der Waals surface area contributed by atoms with Gasteiger partial charge in [0.25, 0.3) is 0 Å². The molecule has 0 aliphatic heterocycles. The van der Waals surface area contributed by atoms with E-state index >= 15 is 0 Å². The Morgan fingerprint density at radius 1 is 0.815 bits per heavy atom. The van der Waals surface area contributed by atoms with Gasteiger partial charge in [0.1, 0.15) is 0 Å². The van der Waals surface area contributed by atoms with Gasteiger partial charge in [-0.3, -0.25) is 0 Å². The minimum absolute atomic E-state index is 0.413. The first-order valence-corrected chi connectivity index (χ1v) is 10.7. The maximum absolute atomic E-state index is 6.36. The number of hydrogen-bond acceptors (Lipinski definition) is 2. The second-order valence-corrected chi connectivity index (χ2v) is 7.92. The van der Waals surface area contributed by atoms with Gasteiger partial charge in [0, 0.05) is 12.6 Å². The quantitative estimate of drug-likeness (QED) is 0.515. The van der Waals surface area contributed by atoms with Crippen LogP contribution < -0.4 is 0 Å². The lowest BCUT2D eigenvalue weighted by Gasteiger charge is -2.38. The summed E-state index contributed by atoms with van der Waals surface area (Å²) in [6, 6.07) is 22.2. The van der Waals surface area contributed by atoms with Gasteiger partial charge in [0.15, 0.2) is 0 Å². The summed E-state index contributed by atoms with van der Waals surface area (Å²) >= 11 is 0. The molecule has 0 aromatic heterocycles. The predicted octanol–water partition coefficient (Wildman–Crippen LogP) is 5.51. The van der Waals surface area contributed by atoms with Crippen molar-refractivity contribution >= 4 is 0 Å². The van der Waals surface area contributed by atoms with Gasteiger partial charge in [-0.1, -0.05) is 73.5 Å². The molecule has 146 valence electrons. The monoisotopic (exact) mass is 365 g/mol. The standard InChI is InChI=1S/C25H35NO/c1-26(20-10-16-22-12-4-2-5-13-22)24-18-8-9-19-25(24)27-21-11-17-23-14-6-3-7-15-23/h2-7,12-15,24-25H,8-11,16-21H2,1H3/t24-,25-/m0/s1. The number of benzene rings is 2. The van der Waals surface area contributed by atoms with Crippen LogP contribution in [0.15, 0.2) is 60.7 Å². The van der Waals surface area contributed by atoms with Crippen molar-refractivity contribution in [2.24, 2.45) is 0 Å². The summed E-state index contributed by atoms with van der Waals surface area (Å²) in [6.45, 7) is 2.04. The molecule has 1 saturated carbocycles. The predicted molar refractivity (Wildman–Crippen MR) is 114 cm³/mol. The number of hydrogen-bond donors (Lipinski definition) is 0. The molecule has 0 N–H and O–H groups in total. The number of rotatable bonds is 10. The highest BCUT2D eigenvalue weighted by Crippen LogP contribution is 2.25. The molecule has 0 saturated heterocycles. The van der Waals surface area contributed by atoms with E-state index < -0.39 is 0 Å². The van der Waals surface area contributed by atoms with E-state index in [1.165, 1.54) is 49.7 Å². The number of nitrogens with zero attached hydrogens (tertiary/aromatic N) is 1. The molecule has 0 bridgehead atoms. The van der Waals surface area contributed by atoms with Crippen molar-refractivity contribution in [2.75, 3.05) is 20.2 Å². The Labute approximate surface area is 165 Å². The van der Waals surface area contributed by atoms with E-state index in [0.717, 1.165) is 26.0 Å².